The summed E-state index contributed by atoms with van der Waals surface area (Å²) in [5, 5.41) is 3.93. The van der Waals surface area contributed by atoms with Crippen molar-refractivity contribution in [1.82, 2.24) is 0 Å². The molecule has 0 amide bonds. The topological polar surface area (TPSA) is 15.3 Å². The average molecular weight is 766 g/mol. The molecule has 1 aliphatic carbocycles. The van der Waals surface area contributed by atoms with Gasteiger partial charge in [0.25, 0.3) is 0 Å². The fourth-order valence-electron chi connectivity index (χ4n) is 10.8. The van der Waals surface area contributed by atoms with E-state index in [0.717, 1.165) is 11.4 Å². The molecule has 0 aromatic heterocycles. The smallest absolute Gasteiger partial charge is 0.197 e. The Bertz CT molecular complexity index is 2720. The summed E-state index contributed by atoms with van der Waals surface area (Å²) in [5.41, 5.74) is 23.0. The van der Waals surface area contributed by atoms with Gasteiger partial charge in [-0.15, -0.1) is 0 Å². The summed E-state index contributed by atoms with van der Waals surface area (Å²) >= 11 is 0. The maximum Gasteiger partial charge on any atom is 0.197 e. The number of aryl methyl sites for hydroxylation is 2. The van der Waals surface area contributed by atoms with Gasteiger partial charge in [0, 0.05) is 33.7 Å². The third kappa shape index (κ3) is 6.07. The molecule has 291 valence electrons. The van der Waals surface area contributed by atoms with Crippen LogP contribution in [-0.2, 0) is 10.8 Å². The molecule has 2 aliphatic heterocycles. The van der Waals surface area contributed by atoms with Gasteiger partial charge in [-0.05, 0) is 137 Å². The quantitative estimate of drug-likeness (QED) is 0.170. The summed E-state index contributed by atoms with van der Waals surface area (Å²) in [6, 6.07) is 54.2. The molecular weight excluding hydrogens is 711 g/mol. The molecule has 1 saturated carbocycles. The van der Waals surface area contributed by atoms with E-state index in [4.69, 9.17) is 0 Å². The van der Waals surface area contributed by atoms with Crippen molar-refractivity contribution >= 4 is 41.0 Å². The van der Waals surface area contributed by atoms with Crippen molar-refractivity contribution in [3.8, 4) is 44.5 Å². The van der Waals surface area contributed by atoms with Crippen molar-refractivity contribution in [3.63, 3.8) is 0 Å². The van der Waals surface area contributed by atoms with Crippen LogP contribution in [0.4, 0.5) is 22.7 Å². The number of fused-ring (bicyclic) bond motifs is 5. The number of nitrogens with zero attached hydrogens (tertiary/aromatic N) is 1. The van der Waals surface area contributed by atoms with Gasteiger partial charge in [-0.1, -0.05) is 161 Å². The number of hydrogen-bond acceptors (Lipinski definition) is 2. The van der Waals surface area contributed by atoms with Crippen molar-refractivity contribution in [2.75, 3.05) is 10.2 Å². The first kappa shape index (κ1) is 37.5. The molecule has 2 unspecified atom stereocenters. The molecule has 2 heterocycles. The SMILES string of the molecule is Cc1cccc(C)c1-c1cc(-c2cc(-c3ccccc3)ccc2Nc2ccc(-c3ccccc3)cc2)c2c(c1)N1c3c(cc(C(C)(C)C)cc3C3(C)CCCCC13C)[B]2. The Kier molecular flexibility index (Phi) is 8.83. The Hall–Kier alpha value is -5.80. The van der Waals surface area contributed by atoms with E-state index >= 15 is 0 Å². The summed E-state index contributed by atoms with van der Waals surface area (Å²) in [5.74, 6) is 0. The lowest BCUT2D eigenvalue weighted by Crippen LogP contribution is -2.57. The summed E-state index contributed by atoms with van der Waals surface area (Å²) in [4.78, 5) is 2.83. The van der Waals surface area contributed by atoms with Gasteiger partial charge in [-0.3, -0.25) is 0 Å². The zero-order valence-electron chi connectivity index (χ0n) is 35.7. The van der Waals surface area contributed by atoms with Crippen LogP contribution in [0.25, 0.3) is 44.5 Å². The monoisotopic (exact) mass is 765 g/mol. The highest BCUT2D eigenvalue weighted by atomic mass is 15.3. The van der Waals surface area contributed by atoms with E-state index in [1.807, 2.05) is 0 Å². The van der Waals surface area contributed by atoms with Gasteiger partial charge >= 0.3 is 0 Å². The van der Waals surface area contributed by atoms with E-state index in [-0.39, 0.29) is 16.4 Å². The highest BCUT2D eigenvalue weighted by Gasteiger charge is 2.59. The summed E-state index contributed by atoms with van der Waals surface area (Å²) in [6.07, 6.45) is 4.89. The van der Waals surface area contributed by atoms with Crippen LogP contribution in [0.5, 0.6) is 0 Å². The van der Waals surface area contributed by atoms with Crippen molar-refractivity contribution in [1.29, 1.82) is 0 Å². The summed E-state index contributed by atoms with van der Waals surface area (Å²) in [7, 11) is 2.54. The molecule has 1 N–H and O–H groups in total. The molecule has 7 aromatic rings. The summed E-state index contributed by atoms with van der Waals surface area (Å²) < 4.78 is 0. The van der Waals surface area contributed by atoms with E-state index in [9.17, 15) is 0 Å². The van der Waals surface area contributed by atoms with Crippen molar-refractivity contribution in [2.24, 2.45) is 0 Å². The molecule has 0 spiro atoms. The van der Waals surface area contributed by atoms with E-state index < -0.39 is 0 Å². The number of rotatable bonds is 6. The fraction of sp³-hybridized carbons (Fsp3) is 0.250. The van der Waals surface area contributed by atoms with Crippen LogP contribution in [0.3, 0.4) is 0 Å². The van der Waals surface area contributed by atoms with Crippen LogP contribution in [-0.4, -0.2) is 12.8 Å². The molecule has 0 saturated heterocycles. The van der Waals surface area contributed by atoms with Crippen LogP contribution in [0.15, 0.2) is 146 Å². The van der Waals surface area contributed by atoms with Crippen LogP contribution < -0.4 is 21.1 Å². The van der Waals surface area contributed by atoms with E-state index in [0.29, 0.717) is 0 Å². The number of anilines is 4. The van der Waals surface area contributed by atoms with Crippen molar-refractivity contribution in [2.45, 2.75) is 90.5 Å². The molecule has 1 fully saturated rings. The standard InChI is InChI=1S/C56H54BN2/c1-36-17-16-18-37(2)51(36)42-32-46(52-50(33-42)59-53-47(55(6)29-14-15-30-56(55,59)7)34-43(54(3,4)5)35-48(53)57-52)45-31-41(39-21-12-9-13-22-39)25-28-49(45)58-44-26-23-40(24-27-44)38-19-10-8-11-20-38/h8-13,16-28,31-35,58H,14-15,29-30H2,1-7H3. The van der Waals surface area contributed by atoms with Gasteiger partial charge in [0.15, 0.2) is 7.28 Å². The van der Waals surface area contributed by atoms with Gasteiger partial charge in [0.2, 0.25) is 0 Å². The van der Waals surface area contributed by atoms with E-state index in [1.54, 1.807) is 0 Å². The predicted molar refractivity (Wildman–Crippen MR) is 254 cm³/mol. The molecular formula is C56H54BN2. The third-order valence-electron chi connectivity index (χ3n) is 14.3. The number of benzene rings is 7. The summed E-state index contributed by atoms with van der Waals surface area (Å²) in [6.45, 7) is 16.8. The fourth-order valence-corrected chi connectivity index (χ4v) is 10.8. The maximum atomic E-state index is 3.93. The molecule has 3 heteroatoms. The lowest BCUT2D eigenvalue weighted by molar-refractivity contribution is 0.195. The van der Waals surface area contributed by atoms with Gasteiger partial charge in [0.05, 0.1) is 5.54 Å². The van der Waals surface area contributed by atoms with Crippen LogP contribution in [0, 0.1) is 13.8 Å². The van der Waals surface area contributed by atoms with Gasteiger partial charge < -0.3 is 10.2 Å². The van der Waals surface area contributed by atoms with Crippen LogP contribution >= 0.6 is 0 Å². The minimum absolute atomic E-state index is 0.0285. The van der Waals surface area contributed by atoms with E-state index in [2.05, 4.69) is 212 Å². The molecule has 10 rings (SSSR count). The third-order valence-corrected chi connectivity index (χ3v) is 14.3. The molecule has 59 heavy (non-hydrogen) atoms. The first-order valence-corrected chi connectivity index (χ1v) is 21.6. The second kappa shape index (κ2) is 13.9. The second-order valence-corrected chi connectivity index (χ2v) is 18.9. The molecule has 2 nitrogen and oxygen atoms in total. The zero-order chi connectivity index (χ0) is 40.7. The molecule has 2 atom stereocenters. The lowest BCUT2D eigenvalue weighted by atomic mass is 9.57. The number of hydrogen-bond donors (Lipinski definition) is 1. The minimum Gasteiger partial charge on any atom is -0.355 e. The van der Waals surface area contributed by atoms with Crippen molar-refractivity contribution in [3.05, 3.63) is 168 Å². The highest BCUT2D eigenvalue weighted by molar-refractivity contribution is 6.73. The zero-order valence-corrected chi connectivity index (χ0v) is 35.7. The lowest BCUT2D eigenvalue weighted by Gasteiger charge is -2.51. The number of nitrogens with one attached hydrogen (secondary N) is 1. The Morgan fingerprint density at radius 3 is 1.88 bits per heavy atom. The van der Waals surface area contributed by atoms with E-state index in [1.165, 1.54) is 115 Å². The van der Waals surface area contributed by atoms with Crippen LogP contribution in [0.2, 0.25) is 0 Å². The van der Waals surface area contributed by atoms with Gasteiger partial charge in [0.1, 0.15) is 0 Å². The molecule has 7 aromatic carbocycles. The highest BCUT2D eigenvalue weighted by Crippen LogP contribution is 2.61. The molecule has 0 bridgehead atoms. The Morgan fingerprint density at radius 2 is 1.20 bits per heavy atom. The maximum absolute atomic E-state index is 3.93. The van der Waals surface area contributed by atoms with Gasteiger partial charge in [-0.2, -0.15) is 0 Å². The second-order valence-electron chi connectivity index (χ2n) is 18.9. The first-order chi connectivity index (χ1) is 28.4. The first-order valence-electron chi connectivity index (χ1n) is 21.6. The average Bonchev–Trinajstić information content (AvgIpc) is 3.45. The Balaban J connectivity index is 1.24. The van der Waals surface area contributed by atoms with Crippen LogP contribution in [0.1, 0.15) is 82.6 Å². The molecule has 3 aliphatic rings. The largest absolute Gasteiger partial charge is 0.355 e. The Morgan fingerprint density at radius 1 is 0.593 bits per heavy atom. The van der Waals surface area contributed by atoms with Crippen molar-refractivity contribution < 1.29 is 0 Å². The van der Waals surface area contributed by atoms with Gasteiger partial charge in [-0.25, -0.2) is 0 Å². The molecule has 1 radical (unpaired) electrons. The normalized spacial score (nSPS) is 19.1. The Labute approximate surface area is 352 Å². The minimum atomic E-state index is -0.0635. The predicted octanol–water partition coefficient (Wildman–Crippen LogP) is 13.7.